The highest BCUT2D eigenvalue weighted by atomic mass is 19.1. The largest absolute Gasteiger partial charge is 0.389 e. The second-order valence-electron chi connectivity index (χ2n) is 7.08. The summed E-state index contributed by atoms with van der Waals surface area (Å²) in [5, 5.41) is 30.0. The van der Waals surface area contributed by atoms with E-state index >= 15 is 0 Å². The van der Waals surface area contributed by atoms with Crippen molar-refractivity contribution < 1.29 is 14.6 Å². The molecule has 0 amide bonds. The number of halogens is 1. The Morgan fingerprint density at radius 2 is 1.85 bits per heavy atom. The van der Waals surface area contributed by atoms with E-state index in [1.54, 1.807) is 30.3 Å². The molecule has 26 heavy (non-hydrogen) atoms. The maximum absolute atomic E-state index is 13.3. The van der Waals surface area contributed by atoms with E-state index < -0.39 is 11.7 Å². The first-order chi connectivity index (χ1) is 12.5. The standard InChI is InChI=1S/C21H23FN2O2/c22-19-3-1-2-17(12-19)13-21(26)8-10-24(11-9-21)15-20(25)18-6-4-16(14-23)5-7-18/h1-7,12,20,25-26H,8-11,13,15H2. The SMILES string of the molecule is N#Cc1ccc(C(O)CN2CCC(O)(Cc3cccc(F)c3)CC2)cc1. The maximum atomic E-state index is 13.3. The molecule has 1 saturated heterocycles. The number of aliphatic hydroxyl groups is 2. The third-order valence-corrected chi connectivity index (χ3v) is 5.06. The van der Waals surface area contributed by atoms with Gasteiger partial charge >= 0.3 is 0 Å². The van der Waals surface area contributed by atoms with Gasteiger partial charge in [0.25, 0.3) is 0 Å². The minimum Gasteiger partial charge on any atom is -0.389 e. The Kier molecular flexibility index (Phi) is 5.67. The maximum Gasteiger partial charge on any atom is 0.123 e. The molecule has 2 N–H and O–H groups in total. The fraction of sp³-hybridized carbons (Fsp3) is 0.381. The Bertz CT molecular complexity index is 777. The van der Waals surface area contributed by atoms with Crippen LogP contribution in [-0.4, -0.2) is 40.3 Å². The Balaban J connectivity index is 1.53. The lowest BCUT2D eigenvalue weighted by Gasteiger charge is -2.39. The molecule has 3 rings (SSSR count). The number of rotatable bonds is 5. The van der Waals surface area contributed by atoms with Gasteiger partial charge in [-0.15, -0.1) is 0 Å². The van der Waals surface area contributed by atoms with E-state index in [0.29, 0.717) is 44.5 Å². The van der Waals surface area contributed by atoms with Crippen LogP contribution in [0.1, 0.15) is 35.6 Å². The van der Waals surface area contributed by atoms with E-state index in [1.807, 2.05) is 6.07 Å². The van der Waals surface area contributed by atoms with Gasteiger partial charge in [-0.2, -0.15) is 5.26 Å². The average Bonchev–Trinajstić information content (AvgIpc) is 2.64. The highest BCUT2D eigenvalue weighted by Crippen LogP contribution is 2.28. The number of benzene rings is 2. The summed E-state index contributed by atoms with van der Waals surface area (Å²) < 4.78 is 13.3. The Hall–Kier alpha value is -2.26. The molecule has 0 aliphatic carbocycles. The van der Waals surface area contributed by atoms with Gasteiger partial charge in [0.2, 0.25) is 0 Å². The highest BCUT2D eigenvalue weighted by Gasteiger charge is 2.33. The average molecular weight is 354 g/mol. The Labute approximate surface area is 153 Å². The molecular formula is C21H23FN2O2. The molecule has 1 fully saturated rings. The van der Waals surface area contributed by atoms with Crippen LogP contribution in [0.5, 0.6) is 0 Å². The number of nitrogens with zero attached hydrogens (tertiary/aromatic N) is 2. The molecule has 0 saturated carbocycles. The first kappa shape index (κ1) is 18.5. The van der Waals surface area contributed by atoms with Gasteiger partial charge in [-0.25, -0.2) is 4.39 Å². The number of hydrogen-bond acceptors (Lipinski definition) is 4. The lowest BCUT2D eigenvalue weighted by atomic mass is 9.85. The number of likely N-dealkylation sites (tertiary alicyclic amines) is 1. The van der Waals surface area contributed by atoms with Gasteiger partial charge in [0.15, 0.2) is 0 Å². The monoisotopic (exact) mass is 354 g/mol. The van der Waals surface area contributed by atoms with Crippen LogP contribution in [0.4, 0.5) is 4.39 Å². The molecule has 1 unspecified atom stereocenters. The molecular weight excluding hydrogens is 331 g/mol. The van der Waals surface area contributed by atoms with E-state index in [4.69, 9.17) is 5.26 Å². The van der Waals surface area contributed by atoms with Crippen LogP contribution in [-0.2, 0) is 6.42 Å². The van der Waals surface area contributed by atoms with Gasteiger partial charge in [0.1, 0.15) is 5.82 Å². The van der Waals surface area contributed by atoms with Crippen LogP contribution < -0.4 is 0 Å². The quantitative estimate of drug-likeness (QED) is 0.866. The molecule has 0 bridgehead atoms. The van der Waals surface area contributed by atoms with Gasteiger partial charge < -0.3 is 15.1 Å². The fourth-order valence-corrected chi connectivity index (χ4v) is 3.49. The van der Waals surface area contributed by atoms with Crippen molar-refractivity contribution in [1.82, 2.24) is 4.90 Å². The molecule has 0 aromatic heterocycles. The second kappa shape index (κ2) is 7.96. The predicted octanol–water partition coefficient (Wildman–Crippen LogP) is 2.80. The number of β-amino-alcohol motifs (C(OH)–C–C–N with tert-alkyl or cyclic N) is 1. The van der Waals surface area contributed by atoms with Crippen molar-refractivity contribution in [3.05, 3.63) is 71.0 Å². The van der Waals surface area contributed by atoms with Crippen LogP contribution in [0.2, 0.25) is 0 Å². The zero-order valence-corrected chi connectivity index (χ0v) is 14.6. The summed E-state index contributed by atoms with van der Waals surface area (Å²) >= 11 is 0. The molecule has 1 atom stereocenters. The van der Waals surface area contributed by atoms with Crippen LogP contribution >= 0.6 is 0 Å². The normalized spacial score (nSPS) is 18.2. The third-order valence-electron chi connectivity index (χ3n) is 5.06. The number of aliphatic hydroxyl groups excluding tert-OH is 1. The van der Waals surface area contributed by atoms with Crippen molar-refractivity contribution in [3.63, 3.8) is 0 Å². The first-order valence-corrected chi connectivity index (χ1v) is 8.85. The minimum atomic E-state index is -0.830. The van der Waals surface area contributed by atoms with Gasteiger partial charge in [-0.05, 0) is 48.2 Å². The number of nitriles is 1. The summed E-state index contributed by atoms with van der Waals surface area (Å²) in [6.07, 6.45) is 0.987. The molecule has 5 heteroatoms. The van der Waals surface area contributed by atoms with E-state index in [9.17, 15) is 14.6 Å². The van der Waals surface area contributed by atoms with Crippen LogP contribution in [0.25, 0.3) is 0 Å². The summed E-state index contributed by atoms with van der Waals surface area (Å²) in [5.74, 6) is -0.283. The third kappa shape index (κ3) is 4.67. The molecule has 1 heterocycles. The molecule has 0 radical (unpaired) electrons. The number of piperidine rings is 1. The minimum absolute atomic E-state index is 0.283. The molecule has 1 aliphatic heterocycles. The molecule has 4 nitrogen and oxygen atoms in total. The summed E-state index contributed by atoms with van der Waals surface area (Å²) in [4.78, 5) is 2.13. The zero-order chi connectivity index (χ0) is 18.6. The van der Waals surface area contributed by atoms with E-state index in [0.717, 1.165) is 11.1 Å². The zero-order valence-electron chi connectivity index (χ0n) is 14.6. The van der Waals surface area contributed by atoms with Crippen LogP contribution in [0.15, 0.2) is 48.5 Å². The smallest absolute Gasteiger partial charge is 0.123 e. The van der Waals surface area contributed by atoms with Crippen molar-refractivity contribution >= 4 is 0 Å². The van der Waals surface area contributed by atoms with Gasteiger partial charge in [-0.3, -0.25) is 0 Å². The summed E-state index contributed by atoms with van der Waals surface area (Å²) in [7, 11) is 0. The Morgan fingerprint density at radius 3 is 2.46 bits per heavy atom. The van der Waals surface area contributed by atoms with Crippen molar-refractivity contribution in [3.8, 4) is 6.07 Å². The first-order valence-electron chi connectivity index (χ1n) is 8.85. The summed E-state index contributed by atoms with van der Waals surface area (Å²) in [5.41, 5.74) is 1.33. The van der Waals surface area contributed by atoms with E-state index in [1.165, 1.54) is 12.1 Å². The lowest BCUT2D eigenvalue weighted by Crippen LogP contribution is -2.46. The van der Waals surface area contributed by atoms with Gasteiger partial charge in [0, 0.05) is 26.1 Å². The van der Waals surface area contributed by atoms with Crippen molar-refractivity contribution in [2.75, 3.05) is 19.6 Å². The van der Waals surface area contributed by atoms with Crippen LogP contribution in [0.3, 0.4) is 0 Å². The van der Waals surface area contributed by atoms with E-state index in [2.05, 4.69) is 11.0 Å². The highest BCUT2D eigenvalue weighted by molar-refractivity contribution is 5.32. The second-order valence-corrected chi connectivity index (χ2v) is 7.08. The lowest BCUT2D eigenvalue weighted by molar-refractivity contribution is -0.0295. The fourth-order valence-electron chi connectivity index (χ4n) is 3.49. The molecule has 2 aromatic carbocycles. The number of hydrogen-bond donors (Lipinski definition) is 2. The predicted molar refractivity (Wildman–Crippen MR) is 96.8 cm³/mol. The van der Waals surface area contributed by atoms with Gasteiger partial charge in [0.05, 0.1) is 23.3 Å². The Morgan fingerprint density at radius 1 is 1.15 bits per heavy atom. The summed E-state index contributed by atoms with van der Waals surface area (Å²) in [6, 6.07) is 15.4. The van der Waals surface area contributed by atoms with Gasteiger partial charge in [-0.1, -0.05) is 24.3 Å². The molecule has 2 aromatic rings. The van der Waals surface area contributed by atoms with Crippen LogP contribution in [0, 0.1) is 17.1 Å². The topological polar surface area (TPSA) is 67.5 Å². The molecule has 0 spiro atoms. The molecule has 1 aliphatic rings. The van der Waals surface area contributed by atoms with E-state index in [-0.39, 0.29) is 5.82 Å². The van der Waals surface area contributed by atoms with Crippen molar-refractivity contribution in [2.45, 2.75) is 31.0 Å². The molecule has 136 valence electrons. The summed E-state index contributed by atoms with van der Waals surface area (Å²) in [6.45, 7) is 1.85. The van der Waals surface area contributed by atoms with Crippen molar-refractivity contribution in [1.29, 1.82) is 5.26 Å². The van der Waals surface area contributed by atoms with Crippen molar-refractivity contribution in [2.24, 2.45) is 0 Å².